The minimum atomic E-state index is -1.91. The summed E-state index contributed by atoms with van der Waals surface area (Å²) < 4.78 is 28.5. The van der Waals surface area contributed by atoms with Gasteiger partial charge in [0.1, 0.15) is 29.9 Å². The van der Waals surface area contributed by atoms with Gasteiger partial charge in [-0.15, -0.1) is 0 Å². The van der Waals surface area contributed by atoms with E-state index in [1.807, 2.05) is 6.07 Å². The first-order valence-corrected chi connectivity index (χ1v) is 5.87. The monoisotopic (exact) mass is 278 g/mol. The zero-order chi connectivity index (χ0) is 14.8. The van der Waals surface area contributed by atoms with Crippen LogP contribution in [-0.2, 0) is 12.1 Å². The van der Waals surface area contributed by atoms with Crippen molar-refractivity contribution in [1.82, 2.24) is 14.8 Å². The molecule has 1 N–H and O–H groups in total. The summed E-state index contributed by atoms with van der Waals surface area (Å²) in [4.78, 5) is 3.72. The van der Waals surface area contributed by atoms with Crippen LogP contribution in [0.3, 0.4) is 0 Å². The maximum Gasteiger partial charge on any atom is 0.137 e. The van der Waals surface area contributed by atoms with Gasteiger partial charge >= 0.3 is 0 Å². The van der Waals surface area contributed by atoms with Crippen LogP contribution >= 0.6 is 0 Å². The number of nitrogens with zero attached hydrogens (tertiary/aromatic N) is 4. The standard InChI is InChI=1S/C13H12F2N4O/c1-9(5-16)13(20,6-19-8-17-7-18-19)11-4-10(14)2-3-12(11)15/h2-4,7-9,20H,6H2,1H3/t9?,13-/m0/s1. The molecule has 2 aromatic rings. The minimum Gasteiger partial charge on any atom is -0.382 e. The van der Waals surface area contributed by atoms with Crippen molar-refractivity contribution in [2.24, 2.45) is 5.92 Å². The van der Waals surface area contributed by atoms with Crippen LogP contribution in [0.1, 0.15) is 12.5 Å². The molecule has 0 radical (unpaired) electrons. The lowest BCUT2D eigenvalue weighted by molar-refractivity contribution is -0.0199. The molecular weight excluding hydrogens is 266 g/mol. The zero-order valence-corrected chi connectivity index (χ0v) is 10.7. The highest BCUT2D eigenvalue weighted by Gasteiger charge is 2.39. The van der Waals surface area contributed by atoms with Crippen LogP contribution < -0.4 is 0 Å². The Labute approximate surface area is 114 Å². The molecule has 7 heteroatoms. The molecule has 1 unspecified atom stereocenters. The van der Waals surface area contributed by atoms with Crippen molar-refractivity contribution in [3.63, 3.8) is 0 Å². The number of halogens is 2. The molecule has 0 saturated heterocycles. The van der Waals surface area contributed by atoms with E-state index in [1.165, 1.54) is 24.3 Å². The number of benzene rings is 1. The Bertz CT molecular complexity index is 638. The van der Waals surface area contributed by atoms with Crippen LogP contribution in [0.15, 0.2) is 30.9 Å². The number of aromatic nitrogens is 3. The molecule has 0 aliphatic heterocycles. The molecule has 0 fully saturated rings. The van der Waals surface area contributed by atoms with Crippen LogP contribution in [-0.4, -0.2) is 19.9 Å². The van der Waals surface area contributed by atoms with Gasteiger partial charge < -0.3 is 5.11 Å². The molecule has 1 heterocycles. The minimum absolute atomic E-state index is 0.206. The van der Waals surface area contributed by atoms with Gasteiger partial charge in [0, 0.05) is 5.56 Å². The molecule has 0 amide bonds. The average molecular weight is 278 g/mol. The number of aliphatic hydroxyl groups is 1. The second kappa shape index (κ2) is 5.35. The Morgan fingerprint density at radius 2 is 2.25 bits per heavy atom. The first kappa shape index (κ1) is 14.1. The third kappa shape index (κ3) is 2.51. The summed E-state index contributed by atoms with van der Waals surface area (Å²) in [6.07, 6.45) is 2.58. The van der Waals surface area contributed by atoms with E-state index in [9.17, 15) is 13.9 Å². The molecule has 0 spiro atoms. The van der Waals surface area contributed by atoms with Gasteiger partial charge in [-0.3, -0.25) is 0 Å². The van der Waals surface area contributed by atoms with Crippen LogP contribution in [0, 0.1) is 28.9 Å². The van der Waals surface area contributed by atoms with Gasteiger partial charge in [0.2, 0.25) is 0 Å². The summed E-state index contributed by atoms with van der Waals surface area (Å²) in [6, 6.07) is 4.62. The molecule has 20 heavy (non-hydrogen) atoms. The molecule has 2 atom stereocenters. The molecule has 104 valence electrons. The highest BCUT2D eigenvalue weighted by Crippen LogP contribution is 2.33. The lowest BCUT2D eigenvalue weighted by atomic mass is 9.82. The van der Waals surface area contributed by atoms with Crippen molar-refractivity contribution >= 4 is 0 Å². The van der Waals surface area contributed by atoms with Gasteiger partial charge in [0.05, 0.1) is 18.5 Å². The number of nitriles is 1. The molecule has 0 bridgehead atoms. The fraction of sp³-hybridized carbons (Fsp3) is 0.308. The fourth-order valence-electron chi connectivity index (χ4n) is 1.95. The molecule has 0 aliphatic rings. The smallest absolute Gasteiger partial charge is 0.137 e. The van der Waals surface area contributed by atoms with E-state index in [1.54, 1.807) is 0 Å². The van der Waals surface area contributed by atoms with Gasteiger partial charge in [0.25, 0.3) is 0 Å². The van der Waals surface area contributed by atoms with E-state index >= 15 is 0 Å². The Kier molecular flexibility index (Phi) is 3.77. The summed E-state index contributed by atoms with van der Waals surface area (Å²) >= 11 is 0. The average Bonchev–Trinajstić information content (AvgIpc) is 2.93. The van der Waals surface area contributed by atoms with Crippen LogP contribution in [0.4, 0.5) is 8.78 Å². The van der Waals surface area contributed by atoms with Crippen LogP contribution in [0.2, 0.25) is 0 Å². The number of rotatable bonds is 4. The number of hydrogen-bond acceptors (Lipinski definition) is 4. The van der Waals surface area contributed by atoms with Gasteiger partial charge in [-0.25, -0.2) is 18.4 Å². The van der Waals surface area contributed by atoms with E-state index in [0.29, 0.717) is 0 Å². The van der Waals surface area contributed by atoms with Crippen molar-refractivity contribution in [3.05, 3.63) is 48.1 Å². The van der Waals surface area contributed by atoms with Crippen molar-refractivity contribution in [1.29, 1.82) is 5.26 Å². The van der Waals surface area contributed by atoms with E-state index in [0.717, 1.165) is 18.2 Å². The Morgan fingerprint density at radius 1 is 1.50 bits per heavy atom. The van der Waals surface area contributed by atoms with Crippen LogP contribution in [0.25, 0.3) is 0 Å². The highest BCUT2D eigenvalue weighted by molar-refractivity contribution is 5.27. The molecular formula is C13H12F2N4O. The van der Waals surface area contributed by atoms with Gasteiger partial charge in [-0.1, -0.05) is 0 Å². The second-order valence-corrected chi connectivity index (χ2v) is 4.49. The van der Waals surface area contributed by atoms with E-state index in [2.05, 4.69) is 10.1 Å². The largest absolute Gasteiger partial charge is 0.382 e. The summed E-state index contributed by atoms with van der Waals surface area (Å²) in [7, 11) is 0. The van der Waals surface area contributed by atoms with Crippen molar-refractivity contribution in [2.75, 3.05) is 0 Å². The molecule has 5 nitrogen and oxygen atoms in total. The molecule has 1 aromatic heterocycles. The SMILES string of the molecule is CC(C#N)[C@@](O)(Cn1cncn1)c1cc(F)ccc1F. The lowest BCUT2D eigenvalue weighted by Gasteiger charge is -2.31. The molecule has 0 saturated carbocycles. The van der Waals surface area contributed by atoms with E-state index < -0.39 is 23.2 Å². The quantitative estimate of drug-likeness (QED) is 0.921. The maximum absolute atomic E-state index is 13.9. The predicted octanol–water partition coefficient (Wildman–Crippen LogP) is 1.60. The second-order valence-electron chi connectivity index (χ2n) is 4.49. The van der Waals surface area contributed by atoms with E-state index in [4.69, 9.17) is 5.26 Å². The lowest BCUT2D eigenvalue weighted by Crippen LogP contribution is -2.38. The molecule has 1 aromatic carbocycles. The molecule has 2 rings (SSSR count). The summed E-state index contributed by atoms with van der Waals surface area (Å²) in [5.41, 5.74) is -2.18. The van der Waals surface area contributed by atoms with Crippen molar-refractivity contribution in [2.45, 2.75) is 19.1 Å². The molecule has 0 aliphatic carbocycles. The fourth-order valence-corrected chi connectivity index (χ4v) is 1.95. The van der Waals surface area contributed by atoms with Gasteiger partial charge in [-0.2, -0.15) is 10.4 Å². The third-order valence-corrected chi connectivity index (χ3v) is 3.17. The first-order chi connectivity index (χ1) is 9.47. The summed E-state index contributed by atoms with van der Waals surface area (Å²) in [6.45, 7) is 1.23. The Hall–Kier alpha value is -2.33. The Balaban J connectivity index is 2.52. The zero-order valence-electron chi connectivity index (χ0n) is 10.7. The first-order valence-electron chi connectivity index (χ1n) is 5.87. The van der Waals surface area contributed by atoms with E-state index in [-0.39, 0.29) is 12.1 Å². The van der Waals surface area contributed by atoms with Crippen LogP contribution in [0.5, 0.6) is 0 Å². The van der Waals surface area contributed by atoms with Gasteiger partial charge in [0.15, 0.2) is 0 Å². The van der Waals surface area contributed by atoms with Gasteiger partial charge in [-0.05, 0) is 25.1 Å². The topological polar surface area (TPSA) is 74.7 Å². The Morgan fingerprint density at radius 3 is 2.85 bits per heavy atom. The normalized spacial score (nSPS) is 15.3. The maximum atomic E-state index is 13.9. The third-order valence-electron chi connectivity index (χ3n) is 3.17. The highest BCUT2D eigenvalue weighted by atomic mass is 19.1. The number of hydrogen-bond donors (Lipinski definition) is 1. The van der Waals surface area contributed by atoms with Crippen molar-refractivity contribution in [3.8, 4) is 6.07 Å². The predicted molar refractivity (Wildman–Crippen MR) is 65.1 cm³/mol. The summed E-state index contributed by atoms with van der Waals surface area (Å²) in [5.74, 6) is -2.44. The summed E-state index contributed by atoms with van der Waals surface area (Å²) in [5, 5.41) is 23.6. The van der Waals surface area contributed by atoms with Crippen molar-refractivity contribution < 1.29 is 13.9 Å².